The minimum Gasteiger partial charge on any atom is -0.497 e. The molecular weight excluding hydrogens is 486 g/mol. The van der Waals surface area contributed by atoms with Gasteiger partial charge in [-0.05, 0) is 77.6 Å². The van der Waals surface area contributed by atoms with Crippen LogP contribution in [0.25, 0.3) is 11.1 Å². The highest BCUT2D eigenvalue weighted by molar-refractivity contribution is 5.70. The van der Waals surface area contributed by atoms with Crippen LogP contribution < -0.4 is 9.47 Å². The predicted molar refractivity (Wildman–Crippen MR) is 144 cm³/mol. The van der Waals surface area contributed by atoms with Gasteiger partial charge in [0, 0.05) is 12.0 Å². The molecule has 6 heteroatoms. The molecule has 3 aromatic rings. The fourth-order valence-corrected chi connectivity index (χ4v) is 4.19. The molecular formula is C32H36F2O4. The summed E-state index contributed by atoms with van der Waals surface area (Å²) in [6, 6.07) is 15.5. The molecule has 0 aromatic heterocycles. The van der Waals surface area contributed by atoms with E-state index in [1.165, 1.54) is 32.4 Å². The van der Waals surface area contributed by atoms with Gasteiger partial charge in [0.15, 0.2) is 11.6 Å². The number of carbonyl (C=O) groups is 1. The highest BCUT2D eigenvalue weighted by atomic mass is 19.1. The Bertz CT molecular complexity index is 1260. The number of hydrogen-bond acceptors (Lipinski definition) is 4. The molecule has 0 aliphatic heterocycles. The minimum atomic E-state index is -0.475. The molecule has 0 radical (unpaired) electrons. The fraction of sp³-hybridized carbons (Fsp3) is 0.406. The van der Waals surface area contributed by atoms with E-state index in [-0.39, 0.29) is 42.4 Å². The molecule has 0 atom stereocenters. The van der Waals surface area contributed by atoms with Crippen LogP contribution >= 0.6 is 0 Å². The average molecular weight is 523 g/mol. The molecule has 5 rings (SSSR count). The largest absolute Gasteiger partial charge is 0.497 e. The van der Waals surface area contributed by atoms with Crippen LogP contribution in [0.5, 0.6) is 11.5 Å². The number of esters is 1. The molecule has 0 spiro atoms. The van der Waals surface area contributed by atoms with Gasteiger partial charge in [0.25, 0.3) is 0 Å². The fourth-order valence-electron chi connectivity index (χ4n) is 4.19. The molecule has 3 aromatic carbocycles. The summed E-state index contributed by atoms with van der Waals surface area (Å²) in [5, 5.41) is 0. The van der Waals surface area contributed by atoms with Crippen molar-refractivity contribution in [2.45, 2.75) is 64.9 Å². The van der Waals surface area contributed by atoms with Crippen molar-refractivity contribution in [3.63, 3.8) is 0 Å². The summed E-state index contributed by atoms with van der Waals surface area (Å²) < 4.78 is 45.4. The second-order valence-corrected chi connectivity index (χ2v) is 10.5. The Morgan fingerprint density at radius 1 is 0.921 bits per heavy atom. The lowest BCUT2D eigenvalue weighted by atomic mass is 9.90. The van der Waals surface area contributed by atoms with Crippen molar-refractivity contribution in [2.75, 3.05) is 14.2 Å². The van der Waals surface area contributed by atoms with Crippen LogP contribution in [0.4, 0.5) is 8.78 Å². The van der Waals surface area contributed by atoms with Crippen LogP contribution in [0.2, 0.25) is 0 Å². The monoisotopic (exact) mass is 522 g/mol. The van der Waals surface area contributed by atoms with Crippen molar-refractivity contribution in [3.05, 3.63) is 82.9 Å². The SMILES string of the molecule is C1CC1.COC(=O)CCc1cccc(OCc2ccc(-c3cc(OC)ccc3F)c(CC3(C)CC3)c2)c1F. The first-order chi connectivity index (χ1) is 18.3. The van der Waals surface area contributed by atoms with E-state index in [1.807, 2.05) is 18.2 Å². The van der Waals surface area contributed by atoms with E-state index in [0.717, 1.165) is 36.0 Å². The number of rotatable bonds is 10. The summed E-state index contributed by atoms with van der Waals surface area (Å²) in [5.74, 6) is -0.439. The van der Waals surface area contributed by atoms with Gasteiger partial charge in [-0.3, -0.25) is 4.79 Å². The van der Waals surface area contributed by atoms with Gasteiger partial charge in [0.2, 0.25) is 0 Å². The summed E-state index contributed by atoms with van der Waals surface area (Å²) in [6.07, 6.45) is 7.93. The number of methoxy groups -OCH3 is 2. The van der Waals surface area contributed by atoms with Crippen LogP contribution in [0.3, 0.4) is 0 Å². The van der Waals surface area contributed by atoms with E-state index < -0.39 is 5.82 Å². The van der Waals surface area contributed by atoms with Gasteiger partial charge < -0.3 is 14.2 Å². The van der Waals surface area contributed by atoms with E-state index >= 15 is 0 Å². The zero-order chi connectivity index (χ0) is 27.1. The number of halogens is 2. The van der Waals surface area contributed by atoms with E-state index in [4.69, 9.17) is 9.47 Å². The maximum absolute atomic E-state index is 14.9. The molecule has 2 fully saturated rings. The topological polar surface area (TPSA) is 44.8 Å². The molecule has 2 saturated carbocycles. The van der Waals surface area contributed by atoms with Crippen LogP contribution in [-0.4, -0.2) is 20.2 Å². The second kappa shape index (κ2) is 12.4. The van der Waals surface area contributed by atoms with Gasteiger partial charge in [0.05, 0.1) is 14.2 Å². The second-order valence-electron chi connectivity index (χ2n) is 10.5. The summed E-state index contributed by atoms with van der Waals surface area (Å²) in [6.45, 7) is 2.40. The molecule has 0 bridgehead atoms. The highest BCUT2D eigenvalue weighted by Gasteiger charge is 2.37. The van der Waals surface area contributed by atoms with Crippen molar-refractivity contribution in [2.24, 2.45) is 5.41 Å². The predicted octanol–water partition coefficient (Wildman–Crippen LogP) is 7.84. The van der Waals surface area contributed by atoms with Gasteiger partial charge >= 0.3 is 5.97 Å². The Hall–Kier alpha value is -3.41. The third kappa shape index (κ3) is 7.56. The zero-order valence-corrected chi connectivity index (χ0v) is 22.4. The average Bonchev–Trinajstić information content (AvgIpc) is 3.86. The molecule has 38 heavy (non-hydrogen) atoms. The van der Waals surface area contributed by atoms with Crippen molar-refractivity contribution in [1.29, 1.82) is 0 Å². The Balaban J connectivity index is 0.00000105. The molecule has 0 N–H and O–H groups in total. The third-order valence-corrected chi connectivity index (χ3v) is 6.97. The molecule has 4 nitrogen and oxygen atoms in total. The van der Waals surface area contributed by atoms with Gasteiger partial charge in [-0.1, -0.05) is 56.5 Å². The van der Waals surface area contributed by atoms with Crippen molar-refractivity contribution < 1.29 is 27.8 Å². The minimum absolute atomic E-state index is 0.0985. The Morgan fingerprint density at radius 3 is 2.34 bits per heavy atom. The number of aryl methyl sites for hydroxylation is 1. The molecule has 202 valence electrons. The number of hydrogen-bond donors (Lipinski definition) is 0. The first-order valence-electron chi connectivity index (χ1n) is 13.2. The van der Waals surface area contributed by atoms with Gasteiger partial charge in [-0.25, -0.2) is 8.78 Å². The maximum atomic E-state index is 14.9. The quantitative estimate of drug-likeness (QED) is 0.255. The lowest BCUT2D eigenvalue weighted by Gasteiger charge is -2.17. The molecule has 0 unspecified atom stereocenters. The molecule has 0 saturated heterocycles. The van der Waals surface area contributed by atoms with Gasteiger partial charge in [-0.15, -0.1) is 0 Å². The number of benzene rings is 3. The standard InChI is InChI=1S/C29H30F2O4.C3H6/c1-29(13-14-29)17-21-15-19(7-10-23(21)24-16-22(33-2)9-11-25(24)30)18-35-26-6-4-5-20(28(26)31)8-12-27(32)34-3;1-2-3-1/h4-7,9-11,15-16H,8,12-14,17-18H2,1-3H3;1-3H2. The van der Waals surface area contributed by atoms with Crippen molar-refractivity contribution >= 4 is 5.97 Å². The van der Waals surface area contributed by atoms with E-state index in [1.54, 1.807) is 37.4 Å². The zero-order valence-electron chi connectivity index (χ0n) is 22.4. The molecule has 0 heterocycles. The van der Waals surface area contributed by atoms with Crippen LogP contribution in [0.15, 0.2) is 54.6 Å². The Labute approximate surface area is 223 Å². The smallest absolute Gasteiger partial charge is 0.305 e. The van der Waals surface area contributed by atoms with Crippen molar-refractivity contribution in [1.82, 2.24) is 0 Å². The summed E-state index contributed by atoms with van der Waals surface area (Å²) >= 11 is 0. The molecule has 2 aliphatic rings. The lowest BCUT2D eigenvalue weighted by molar-refractivity contribution is -0.140. The lowest BCUT2D eigenvalue weighted by Crippen LogP contribution is -2.06. The normalized spacial score (nSPS) is 14.7. The molecule has 0 amide bonds. The number of ether oxygens (including phenoxy) is 3. The van der Waals surface area contributed by atoms with E-state index in [9.17, 15) is 13.6 Å². The van der Waals surface area contributed by atoms with E-state index in [2.05, 4.69) is 11.7 Å². The third-order valence-electron chi connectivity index (χ3n) is 6.97. The van der Waals surface area contributed by atoms with Crippen LogP contribution in [0, 0.1) is 17.0 Å². The van der Waals surface area contributed by atoms with Gasteiger partial charge in [-0.2, -0.15) is 0 Å². The van der Waals surface area contributed by atoms with Crippen molar-refractivity contribution in [3.8, 4) is 22.6 Å². The molecule has 2 aliphatic carbocycles. The first kappa shape index (κ1) is 27.6. The first-order valence-corrected chi connectivity index (χ1v) is 13.2. The summed E-state index contributed by atoms with van der Waals surface area (Å²) in [5.41, 5.74) is 3.85. The summed E-state index contributed by atoms with van der Waals surface area (Å²) in [7, 11) is 2.87. The maximum Gasteiger partial charge on any atom is 0.305 e. The van der Waals surface area contributed by atoms with Crippen LogP contribution in [0.1, 0.15) is 62.1 Å². The Kier molecular flexibility index (Phi) is 9.03. The Morgan fingerprint density at radius 2 is 1.68 bits per heavy atom. The van der Waals surface area contributed by atoms with E-state index in [0.29, 0.717) is 16.9 Å². The summed E-state index contributed by atoms with van der Waals surface area (Å²) in [4.78, 5) is 11.4. The van der Waals surface area contributed by atoms with Crippen LogP contribution in [-0.2, 0) is 29.0 Å². The number of carbonyl (C=O) groups excluding carboxylic acids is 1. The van der Waals surface area contributed by atoms with Gasteiger partial charge in [0.1, 0.15) is 18.2 Å². The highest BCUT2D eigenvalue weighted by Crippen LogP contribution is 2.49.